The first-order valence-corrected chi connectivity index (χ1v) is 4.68. The topological polar surface area (TPSA) is 63.6 Å². The molecule has 0 atom stereocenters. The van der Waals surface area contributed by atoms with E-state index in [2.05, 4.69) is 0 Å². The van der Waals surface area contributed by atoms with Crippen LogP contribution in [0, 0.1) is 4.91 Å². The molecule has 0 spiro atoms. The molecular weight excluding hydrogens is 218 g/mol. The number of hydrogen-bond donors (Lipinski definition) is 0. The summed E-state index contributed by atoms with van der Waals surface area (Å²) in [6.45, 7) is 0. The van der Waals surface area contributed by atoms with Crippen molar-refractivity contribution < 1.29 is 9.59 Å². The van der Waals surface area contributed by atoms with Gasteiger partial charge in [0.15, 0.2) is 0 Å². The number of carbonyl (C=O) groups excluding carboxylic acids is 2. The van der Waals surface area contributed by atoms with Gasteiger partial charge in [-0.05, 0) is 30.6 Å². The molecule has 4 nitrogen and oxygen atoms in total. The Morgan fingerprint density at radius 2 is 2.20 bits per heavy atom. The molecule has 0 aromatic heterocycles. The third kappa shape index (κ3) is 3.25. The highest BCUT2D eigenvalue weighted by Gasteiger charge is 2.10. The van der Waals surface area contributed by atoms with E-state index in [1.807, 2.05) is 11.3 Å². The molecule has 78 valence electrons. The summed E-state index contributed by atoms with van der Waals surface area (Å²) in [5, 5.41) is 2.65. The molecule has 0 bridgehead atoms. The van der Waals surface area contributed by atoms with Gasteiger partial charge in [0, 0.05) is 10.2 Å². The molecule has 0 fully saturated rings. The smallest absolute Gasteiger partial charge is 0.284 e. The van der Waals surface area contributed by atoms with Crippen molar-refractivity contribution in [2.45, 2.75) is 12.8 Å². The summed E-state index contributed by atoms with van der Waals surface area (Å²) in [5.41, 5.74) is 0.676. The standard InChI is InChI=1S/C10H8ClNO3/c11-8-4-2-1-3-7(8)5-6-9(13)10(14)12-15/h1,3,5-6H,2,4H2/b6-5+. The van der Waals surface area contributed by atoms with Crippen molar-refractivity contribution in [3.05, 3.63) is 39.8 Å². The molecule has 0 aromatic rings. The van der Waals surface area contributed by atoms with Crippen LogP contribution in [0.4, 0.5) is 0 Å². The number of nitrogens with zero attached hydrogens (tertiary/aromatic N) is 1. The highest BCUT2D eigenvalue weighted by molar-refractivity contribution is 6.41. The highest BCUT2D eigenvalue weighted by Crippen LogP contribution is 2.22. The molecule has 0 saturated heterocycles. The van der Waals surface area contributed by atoms with Crippen LogP contribution in [0.25, 0.3) is 0 Å². The number of allylic oxidation sites excluding steroid dienone is 5. The third-order valence-electron chi connectivity index (χ3n) is 1.85. The van der Waals surface area contributed by atoms with Crippen LogP contribution in [0.1, 0.15) is 12.8 Å². The predicted molar refractivity (Wildman–Crippen MR) is 56.2 cm³/mol. The van der Waals surface area contributed by atoms with E-state index < -0.39 is 11.7 Å². The zero-order valence-corrected chi connectivity index (χ0v) is 8.53. The van der Waals surface area contributed by atoms with Crippen LogP contribution in [0.5, 0.6) is 0 Å². The molecule has 0 N–H and O–H groups in total. The van der Waals surface area contributed by atoms with Crippen LogP contribution in [-0.4, -0.2) is 11.7 Å². The lowest BCUT2D eigenvalue weighted by Gasteiger charge is -2.05. The van der Waals surface area contributed by atoms with Crippen LogP contribution in [0.15, 0.2) is 40.1 Å². The van der Waals surface area contributed by atoms with Gasteiger partial charge in [-0.2, -0.15) is 0 Å². The zero-order valence-electron chi connectivity index (χ0n) is 7.77. The monoisotopic (exact) mass is 225 g/mol. The van der Waals surface area contributed by atoms with Gasteiger partial charge in [-0.3, -0.25) is 9.59 Å². The molecule has 0 aliphatic heterocycles. The van der Waals surface area contributed by atoms with Crippen molar-refractivity contribution >= 4 is 23.3 Å². The van der Waals surface area contributed by atoms with Crippen molar-refractivity contribution in [2.75, 3.05) is 0 Å². The van der Waals surface area contributed by atoms with Crippen molar-refractivity contribution in [1.29, 1.82) is 0 Å². The van der Waals surface area contributed by atoms with Crippen molar-refractivity contribution in [3.63, 3.8) is 0 Å². The molecule has 0 aromatic carbocycles. The molecule has 1 aliphatic carbocycles. The van der Waals surface area contributed by atoms with E-state index in [1.165, 1.54) is 6.08 Å². The summed E-state index contributed by atoms with van der Waals surface area (Å²) >= 11 is 5.88. The minimum Gasteiger partial charge on any atom is -0.284 e. The number of rotatable bonds is 3. The lowest BCUT2D eigenvalue weighted by molar-refractivity contribution is -0.133. The summed E-state index contributed by atoms with van der Waals surface area (Å²) in [7, 11) is 0. The lowest BCUT2D eigenvalue weighted by Crippen LogP contribution is -2.06. The van der Waals surface area contributed by atoms with Gasteiger partial charge in [0.2, 0.25) is 5.78 Å². The lowest BCUT2D eigenvalue weighted by atomic mass is 10.1. The zero-order chi connectivity index (χ0) is 11.3. The second-order valence-electron chi connectivity index (χ2n) is 2.90. The minimum atomic E-state index is -1.30. The summed E-state index contributed by atoms with van der Waals surface area (Å²) in [6, 6.07) is 0. The maximum Gasteiger partial charge on any atom is 0.356 e. The quantitative estimate of drug-likeness (QED) is 0.420. The number of ketones is 1. The second kappa shape index (κ2) is 5.36. The van der Waals surface area contributed by atoms with E-state index in [-0.39, 0.29) is 0 Å². The molecule has 1 aliphatic rings. The maximum absolute atomic E-state index is 10.9. The summed E-state index contributed by atoms with van der Waals surface area (Å²) in [6.07, 6.45) is 7.65. The van der Waals surface area contributed by atoms with Gasteiger partial charge < -0.3 is 0 Å². The molecule has 0 radical (unpaired) electrons. The third-order valence-corrected chi connectivity index (χ3v) is 2.26. The molecule has 0 saturated carbocycles. The molecule has 5 heteroatoms. The van der Waals surface area contributed by atoms with Gasteiger partial charge in [-0.1, -0.05) is 23.8 Å². The molecule has 15 heavy (non-hydrogen) atoms. The number of carbonyl (C=O) groups is 2. The summed E-state index contributed by atoms with van der Waals surface area (Å²) in [5.74, 6) is -2.25. The Hall–Kier alpha value is -1.55. The normalized spacial score (nSPS) is 15.8. The van der Waals surface area contributed by atoms with Crippen molar-refractivity contribution in [2.24, 2.45) is 5.18 Å². The summed E-state index contributed by atoms with van der Waals surface area (Å²) < 4.78 is 0. The molecule has 1 rings (SSSR count). The first-order chi connectivity index (χ1) is 7.15. The molecular formula is C10H8ClNO3. The highest BCUT2D eigenvalue weighted by atomic mass is 35.5. The Morgan fingerprint density at radius 1 is 1.47 bits per heavy atom. The minimum absolute atomic E-state index is 0.632. The van der Waals surface area contributed by atoms with Gasteiger partial charge in [-0.15, -0.1) is 4.91 Å². The SMILES string of the molecule is O=NC(=O)C(=O)/C=C/C1=C(Cl)CCC=C1. The van der Waals surface area contributed by atoms with E-state index in [0.717, 1.165) is 12.5 Å². The number of halogens is 1. The van der Waals surface area contributed by atoms with Crippen molar-refractivity contribution in [1.82, 2.24) is 0 Å². The van der Waals surface area contributed by atoms with E-state index >= 15 is 0 Å². The van der Waals surface area contributed by atoms with Crippen LogP contribution >= 0.6 is 11.6 Å². The van der Waals surface area contributed by atoms with E-state index in [0.29, 0.717) is 17.0 Å². The van der Waals surface area contributed by atoms with Gasteiger partial charge in [0.05, 0.1) is 0 Å². The number of amides is 1. The number of hydrogen-bond acceptors (Lipinski definition) is 3. The Balaban J connectivity index is 2.73. The average molecular weight is 226 g/mol. The average Bonchev–Trinajstić information content (AvgIpc) is 2.26. The molecule has 1 amide bonds. The first-order valence-electron chi connectivity index (χ1n) is 4.30. The fourth-order valence-electron chi connectivity index (χ4n) is 1.08. The van der Waals surface area contributed by atoms with Crippen LogP contribution < -0.4 is 0 Å². The van der Waals surface area contributed by atoms with Crippen molar-refractivity contribution in [3.8, 4) is 0 Å². The van der Waals surface area contributed by atoms with Gasteiger partial charge >= 0.3 is 5.91 Å². The maximum atomic E-state index is 10.9. The van der Waals surface area contributed by atoms with Gasteiger partial charge in [0.25, 0.3) is 0 Å². The van der Waals surface area contributed by atoms with Gasteiger partial charge in [0.1, 0.15) is 0 Å². The van der Waals surface area contributed by atoms with E-state index in [1.54, 1.807) is 6.08 Å². The summed E-state index contributed by atoms with van der Waals surface area (Å²) in [4.78, 5) is 31.2. The largest absolute Gasteiger partial charge is 0.356 e. The Kier molecular flexibility index (Phi) is 4.12. The van der Waals surface area contributed by atoms with Crippen LogP contribution in [0.2, 0.25) is 0 Å². The Morgan fingerprint density at radius 3 is 2.80 bits per heavy atom. The van der Waals surface area contributed by atoms with E-state index in [4.69, 9.17) is 11.6 Å². The van der Waals surface area contributed by atoms with Gasteiger partial charge in [-0.25, -0.2) is 0 Å². The molecule has 0 heterocycles. The fraction of sp³-hybridized carbons (Fsp3) is 0.200. The van der Waals surface area contributed by atoms with Crippen LogP contribution in [-0.2, 0) is 9.59 Å². The Labute approximate surface area is 91.3 Å². The Bertz CT molecular complexity index is 393. The first kappa shape index (κ1) is 11.5. The second-order valence-corrected chi connectivity index (χ2v) is 3.35. The van der Waals surface area contributed by atoms with E-state index in [9.17, 15) is 14.5 Å². The number of nitroso groups, excluding NO2 is 1. The molecule has 0 unspecified atom stereocenters. The predicted octanol–water partition coefficient (Wildman–Crippen LogP) is 2.25. The van der Waals surface area contributed by atoms with Crippen LogP contribution in [0.3, 0.4) is 0 Å². The fourth-order valence-corrected chi connectivity index (χ4v) is 1.32.